The Labute approximate surface area is 200 Å². The van der Waals surface area contributed by atoms with E-state index in [1.807, 2.05) is 45.9 Å². The number of hydrogen-bond acceptors (Lipinski definition) is 5. The summed E-state index contributed by atoms with van der Waals surface area (Å²) in [5.41, 5.74) is -1.98. The van der Waals surface area contributed by atoms with Crippen molar-refractivity contribution in [2.75, 3.05) is 6.54 Å². The molecule has 1 saturated carbocycles. The highest BCUT2D eigenvalue weighted by Crippen LogP contribution is 2.51. The van der Waals surface area contributed by atoms with E-state index in [0.717, 1.165) is 6.42 Å². The lowest BCUT2D eigenvalue weighted by Gasteiger charge is -2.48. The van der Waals surface area contributed by atoms with Gasteiger partial charge < -0.3 is 29.9 Å². The second-order valence-electron chi connectivity index (χ2n) is 12.2. The van der Waals surface area contributed by atoms with E-state index in [4.69, 9.17) is 4.74 Å². The summed E-state index contributed by atoms with van der Waals surface area (Å²) in [6.07, 6.45) is 11.6. The third-order valence-electron chi connectivity index (χ3n) is 9.22. The van der Waals surface area contributed by atoms with Crippen LogP contribution in [0, 0.1) is 22.5 Å². The monoisotopic (exact) mass is 469 g/mol. The Balaban J connectivity index is 1.44. The molecule has 1 aliphatic carbocycles. The van der Waals surface area contributed by atoms with Crippen molar-refractivity contribution in [1.82, 2.24) is 9.80 Å². The number of hydroxylamine groups is 2. The summed E-state index contributed by atoms with van der Waals surface area (Å²) >= 11 is 0. The van der Waals surface area contributed by atoms with Crippen molar-refractivity contribution in [3.05, 3.63) is 41.4 Å². The van der Waals surface area contributed by atoms with E-state index in [1.54, 1.807) is 11.1 Å². The predicted octanol–water partition coefficient (Wildman–Crippen LogP) is 0.881. The first-order valence-corrected chi connectivity index (χ1v) is 12.6. The molecule has 8 nitrogen and oxygen atoms in total. The third kappa shape index (κ3) is 2.92. The van der Waals surface area contributed by atoms with Gasteiger partial charge in [0, 0.05) is 30.5 Å². The first-order chi connectivity index (χ1) is 15.9. The van der Waals surface area contributed by atoms with Crippen LogP contribution in [0.3, 0.4) is 0 Å². The van der Waals surface area contributed by atoms with Crippen LogP contribution in [0.1, 0.15) is 53.4 Å². The molecule has 5 heterocycles. The molecule has 184 valence electrons. The average molecular weight is 470 g/mol. The molecule has 8 atom stereocenters. The minimum atomic E-state index is -1.37. The van der Waals surface area contributed by atoms with Gasteiger partial charge in [0.05, 0.1) is 17.6 Å². The second kappa shape index (κ2) is 7.03. The van der Waals surface area contributed by atoms with Gasteiger partial charge in [0.25, 0.3) is 5.91 Å². The predicted molar refractivity (Wildman–Crippen MR) is 124 cm³/mol. The molecule has 3 fully saturated rings. The van der Waals surface area contributed by atoms with E-state index in [2.05, 4.69) is 6.08 Å². The standard InChI is InChI=1S/C26H35N3O5/c1-24(2)11-13-28-18(22(31)27-12-5-6-17(27)21(28)30)14-26(32)16-7-8-19-15(9-10-25(3,4)34-19)20(16)29(33)23(24)26/h6,9-11,13,15-16,18-20,23,29,32H,5,7-8,12,14H2,1-4H3/b13-11-/t15?,16?,18-,19?,20?,23?,26-/m0/s1. The first kappa shape index (κ1) is 22.5. The maximum Gasteiger partial charge on any atom is 0.274 e. The number of nitrogens with zero attached hydrogens (tertiary/aromatic N) is 2. The topological polar surface area (TPSA) is 97.6 Å². The van der Waals surface area contributed by atoms with Gasteiger partial charge in [0.1, 0.15) is 29.4 Å². The first-order valence-electron chi connectivity index (χ1n) is 12.6. The number of carbonyl (C=O) groups is 2. The maximum absolute atomic E-state index is 14.1. The molecule has 6 aliphatic rings. The lowest BCUT2D eigenvalue weighted by molar-refractivity contribution is -0.903. The average Bonchev–Trinajstić information content (AvgIpc) is 3.32. The van der Waals surface area contributed by atoms with E-state index in [1.165, 1.54) is 4.90 Å². The molecule has 0 radical (unpaired) electrons. The highest BCUT2D eigenvalue weighted by Gasteiger charge is 2.69. The van der Waals surface area contributed by atoms with E-state index in [9.17, 15) is 19.9 Å². The van der Waals surface area contributed by atoms with Gasteiger partial charge in [-0.15, -0.1) is 0 Å². The maximum atomic E-state index is 14.1. The number of carbonyl (C=O) groups excluding carboxylic acids is 2. The Hall–Kier alpha value is -2.00. The van der Waals surface area contributed by atoms with Gasteiger partial charge in [0.15, 0.2) is 0 Å². The molecular weight excluding hydrogens is 434 g/mol. The smallest absolute Gasteiger partial charge is 0.274 e. The molecule has 0 aromatic heterocycles. The van der Waals surface area contributed by atoms with Crippen molar-refractivity contribution in [2.24, 2.45) is 17.3 Å². The Morgan fingerprint density at radius 1 is 1.18 bits per heavy atom. The summed E-state index contributed by atoms with van der Waals surface area (Å²) in [5.74, 6) is -0.713. The van der Waals surface area contributed by atoms with Crippen molar-refractivity contribution in [3.63, 3.8) is 0 Å². The Morgan fingerprint density at radius 3 is 2.71 bits per heavy atom. The molecule has 34 heavy (non-hydrogen) atoms. The summed E-state index contributed by atoms with van der Waals surface area (Å²) < 4.78 is 6.33. The largest absolute Gasteiger partial charge is 0.634 e. The van der Waals surface area contributed by atoms with Crippen molar-refractivity contribution in [1.29, 1.82) is 0 Å². The van der Waals surface area contributed by atoms with Crippen LogP contribution in [0.2, 0.25) is 0 Å². The van der Waals surface area contributed by atoms with Crippen molar-refractivity contribution < 1.29 is 24.5 Å². The number of fused-ring (bicyclic) bond motifs is 7. The van der Waals surface area contributed by atoms with Gasteiger partial charge in [-0.2, -0.15) is 0 Å². The zero-order valence-electron chi connectivity index (χ0n) is 20.4. The van der Waals surface area contributed by atoms with Crippen molar-refractivity contribution in [2.45, 2.75) is 88.8 Å². The second-order valence-corrected chi connectivity index (χ2v) is 12.2. The molecule has 0 spiro atoms. The quantitative estimate of drug-likeness (QED) is 0.406. The molecule has 0 bridgehead atoms. The number of nitrogens with one attached hydrogen (secondary N) is 1. The van der Waals surface area contributed by atoms with Crippen LogP contribution in [0.4, 0.5) is 0 Å². The Bertz CT molecular complexity index is 1030. The number of piperazine rings is 1. The number of quaternary nitrogens is 1. The van der Waals surface area contributed by atoms with Crippen molar-refractivity contribution in [3.8, 4) is 0 Å². The summed E-state index contributed by atoms with van der Waals surface area (Å²) in [7, 11) is 0. The summed E-state index contributed by atoms with van der Waals surface area (Å²) in [5, 5.41) is 26.6. The van der Waals surface area contributed by atoms with Gasteiger partial charge in [-0.25, -0.2) is 0 Å². The molecule has 6 rings (SSSR count). The fourth-order valence-corrected chi connectivity index (χ4v) is 7.85. The van der Waals surface area contributed by atoms with Gasteiger partial charge in [-0.05, 0) is 33.1 Å². The van der Waals surface area contributed by atoms with Crippen LogP contribution < -0.4 is 5.06 Å². The molecule has 2 saturated heterocycles. The number of hydrogen-bond donors (Lipinski definition) is 2. The van der Waals surface area contributed by atoms with E-state index >= 15 is 0 Å². The summed E-state index contributed by atoms with van der Waals surface area (Å²) in [6.45, 7) is 8.46. The fraction of sp³-hybridized carbons (Fsp3) is 0.692. The number of aliphatic hydroxyl groups is 1. The van der Waals surface area contributed by atoms with Crippen LogP contribution in [0.5, 0.6) is 0 Å². The number of amides is 2. The van der Waals surface area contributed by atoms with Crippen LogP contribution in [-0.2, 0) is 14.3 Å². The van der Waals surface area contributed by atoms with Crippen LogP contribution in [0.15, 0.2) is 36.2 Å². The lowest BCUT2D eigenvalue weighted by Crippen LogP contribution is -3.16. The number of rotatable bonds is 0. The zero-order valence-corrected chi connectivity index (χ0v) is 20.4. The minimum Gasteiger partial charge on any atom is -0.634 e. The molecular formula is C26H35N3O5. The highest BCUT2D eigenvalue weighted by atomic mass is 16.5. The van der Waals surface area contributed by atoms with Crippen LogP contribution in [0.25, 0.3) is 0 Å². The van der Waals surface area contributed by atoms with Crippen LogP contribution >= 0.6 is 0 Å². The molecule has 6 unspecified atom stereocenters. The SMILES string of the molecule is CC1(C)C=CC2C(CCC3C2[NH+]([O-])C2C(C)(C)/C=C\N4C(=O)C5=CCCN5C(=O)[C@@H]4C[C@]32O)O1. The van der Waals surface area contributed by atoms with E-state index in [-0.39, 0.29) is 52.9 Å². The van der Waals surface area contributed by atoms with E-state index < -0.39 is 23.1 Å². The normalized spacial score (nSPS) is 47.0. The highest BCUT2D eigenvalue weighted by molar-refractivity contribution is 6.05. The van der Waals surface area contributed by atoms with Gasteiger partial charge in [-0.1, -0.05) is 38.2 Å². The van der Waals surface area contributed by atoms with Crippen molar-refractivity contribution >= 4 is 11.8 Å². The van der Waals surface area contributed by atoms with Gasteiger partial charge in [-0.3, -0.25) is 9.59 Å². The minimum absolute atomic E-state index is 0.0522. The molecule has 2 N–H and O–H groups in total. The summed E-state index contributed by atoms with van der Waals surface area (Å²) in [4.78, 5) is 29.9. The molecule has 0 aromatic carbocycles. The van der Waals surface area contributed by atoms with Crippen LogP contribution in [-0.4, -0.2) is 68.7 Å². The summed E-state index contributed by atoms with van der Waals surface area (Å²) in [6, 6.07) is -1.80. The van der Waals surface area contributed by atoms with Gasteiger partial charge in [0.2, 0.25) is 5.91 Å². The number of ether oxygens (including phenoxy) is 1. The molecule has 5 aliphatic heterocycles. The lowest BCUT2D eigenvalue weighted by atomic mass is 9.63. The zero-order chi connectivity index (χ0) is 24.2. The third-order valence-corrected chi connectivity index (χ3v) is 9.22. The Kier molecular flexibility index (Phi) is 4.64. The molecule has 8 heteroatoms. The van der Waals surface area contributed by atoms with E-state index in [0.29, 0.717) is 25.1 Å². The molecule has 2 amide bonds. The van der Waals surface area contributed by atoms with Gasteiger partial charge >= 0.3 is 0 Å². The molecule has 0 aromatic rings. The fourth-order valence-electron chi connectivity index (χ4n) is 7.85. The Morgan fingerprint density at radius 2 is 1.94 bits per heavy atom.